The molecule has 7 heteroatoms. The molecular weight excluding hydrogens is 464 g/mol. The van der Waals surface area contributed by atoms with Crippen molar-refractivity contribution in [2.24, 2.45) is 0 Å². The first-order valence-corrected chi connectivity index (χ1v) is 12.4. The zero-order valence-corrected chi connectivity index (χ0v) is 21.3. The van der Waals surface area contributed by atoms with Crippen molar-refractivity contribution >= 4 is 17.5 Å². The summed E-state index contributed by atoms with van der Waals surface area (Å²) >= 11 is 0. The number of carbonyl (C=O) groups excluding carboxylic acids is 2. The second-order valence-corrected chi connectivity index (χ2v) is 9.41. The van der Waals surface area contributed by atoms with Crippen LogP contribution in [0.5, 0.6) is 5.75 Å². The van der Waals surface area contributed by atoms with Crippen LogP contribution in [0.2, 0.25) is 0 Å². The van der Waals surface area contributed by atoms with E-state index in [-0.39, 0.29) is 18.4 Å². The molecule has 0 saturated carbocycles. The number of methoxy groups -OCH3 is 1. The van der Waals surface area contributed by atoms with E-state index < -0.39 is 5.54 Å². The molecular formula is C30H30N4O3. The summed E-state index contributed by atoms with van der Waals surface area (Å²) in [6, 6.07) is 26.9. The molecule has 0 spiro atoms. The lowest BCUT2D eigenvalue weighted by atomic mass is 9.93. The Morgan fingerprint density at radius 3 is 2.43 bits per heavy atom. The van der Waals surface area contributed by atoms with Gasteiger partial charge in [-0.15, -0.1) is 0 Å². The maximum atomic E-state index is 14.0. The molecule has 1 N–H and O–H groups in total. The van der Waals surface area contributed by atoms with Crippen molar-refractivity contribution in [2.75, 3.05) is 12.0 Å². The highest BCUT2D eigenvalue weighted by Crippen LogP contribution is 2.35. The molecule has 0 unspecified atom stereocenters. The van der Waals surface area contributed by atoms with Crippen LogP contribution >= 0.6 is 0 Å². The molecule has 4 aromatic rings. The Morgan fingerprint density at radius 1 is 1.00 bits per heavy atom. The monoisotopic (exact) mass is 494 g/mol. The van der Waals surface area contributed by atoms with E-state index in [4.69, 9.17) is 9.84 Å². The molecule has 0 fully saturated rings. The Labute approximate surface area is 216 Å². The Morgan fingerprint density at radius 2 is 1.73 bits per heavy atom. The summed E-state index contributed by atoms with van der Waals surface area (Å²) in [6.45, 7) is 4.47. The molecule has 1 aliphatic heterocycles. The fraction of sp³-hybridized carbons (Fsp3) is 0.233. The molecule has 1 aliphatic rings. The molecule has 0 radical (unpaired) electrons. The van der Waals surface area contributed by atoms with Gasteiger partial charge < -0.3 is 10.1 Å². The van der Waals surface area contributed by atoms with Gasteiger partial charge in [0.25, 0.3) is 5.91 Å². The van der Waals surface area contributed by atoms with Gasteiger partial charge in [-0.2, -0.15) is 5.10 Å². The Balaban J connectivity index is 1.54. The standard InChI is InChI=1S/C30H30N4O3/c1-4-21-11-8-12-24(17-21)34-28(35)27-18-26(23-13-15-25(37-3)16-14-23)32-33(27)20-30(34,2)29(36)31-19-22-9-6-5-7-10-22/h5-18H,4,19-20H2,1-3H3,(H,31,36)/t30-/m0/s1. The van der Waals surface area contributed by atoms with E-state index in [1.54, 1.807) is 22.8 Å². The van der Waals surface area contributed by atoms with Crippen molar-refractivity contribution in [1.29, 1.82) is 0 Å². The average molecular weight is 495 g/mol. The number of anilines is 1. The molecule has 0 aliphatic carbocycles. The lowest BCUT2D eigenvalue weighted by molar-refractivity contribution is -0.126. The highest BCUT2D eigenvalue weighted by atomic mass is 16.5. The van der Waals surface area contributed by atoms with Gasteiger partial charge in [-0.3, -0.25) is 19.2 Å². The van der Waals surface area contributed by atoms with E-state index in [2.05, 4.69) is 12.2 Å². The molecule has 5 rings (SSSR count). The van der Waals surface area contributed by atoms with Gasteiger partial charge in [-0.05, 0) is 66.9 Å². The number of benzene rings is 3. The van der Waals surface area contributed by atoms with Crippen molar-refractivity contribution in [3.63, 3.8) is 0 Å². The van der Waals surface area contributed by atoms with E-state index in [1.807, 2.05) is 85.8 Å². The quantitative estimate of drug-likeness (QED) is 0.398. The van der Waals surface area contributed by atoms with E-state index in [0.29, 0.717) is 23.6 Å². The predicted octanol–water partition coefficient (Wildman–Crippen LogP) is 4.86. The molecule has 1 aromatic heterocycles. The van der Waals surface area contributed by atoms with Crippen LogP contribution in [0.15, 0.2) is 84.9 Å². The molecule has 2 amide bonds. The molecule has 0 saturated heterocycles. The van der Waals surface area contributed by atoms with Crippen molar-refractivity contribution in [2.45, 2.75) is 38.9 Å². The van der Waals surface area contributed by atoms with Crippen LogP contribution in [0.4, 0.5) is 5.69 Å². The Bertz CT molecular complexity index is 1430. The lowest BCUT2D eigenvalue weighted by Crippen LogP contribution is -2.64. The highest BCUT2D eigenvalue weighted by molar-refractivity contribution is 6.12. The molecule has 7 nitrogen and oxygen atoms in total. The summed E-state index contributed by atoms with van der Waals surface area (Å²) in [5, 5.41) is 7.79. The van der Waals surface area contributed by atoms with Gasteiger partial charge in [0.05, 0.1) is 19.3 Å². The maximum Gasteiger partial charge on any atom is 0.277 e. The van der Waals surface area contributed by atoms with E-state index in [0.717, 1.165) is 28.9 Å². The predicted molar refractivity (Wildman–Crippen MR) is 144 cm³/mol. The minimum absolute atomic E-state index is 0.223. The largest absolute Gasteiger partial charge is 0.497 e. The lowest BCUT2D eigenvalue weighted by Gasteiger charge is -2.43. The number of rotatable bonds is 7. The number of aryl methyl sites for hydroxylation is 1. The van der Waals surface area contributed by atoms with E-state index >= 15 is 0 Å². The van der Waals surface area contributed by atoms with Crippen LogP contribution in [-0.2, 0) is 24.3 Å². The van der Waals surface area contributed by atoms with Crippen LogP contribution in [0, 0.1) is 0 Å². The SMILES string of the molecule is CCc1cccc(N2C(=O)c3cc(-c4ccc(OC)cc4)nn3C[C@@]2(C)C(=O)NCc2ccccc2)c1. The third-order valence-corrected chi connectivity index (χ3v) is 6.90. The molecule has 2 heterocycles. The third-order valence-electron chi connectivity index (χ3n) is 6.90. The first-order valence-electron chi connectivity index (χ1n) is 12.4. The topological polar surface area (TPSA) is 76.5 Å². The van der Waals surface area contributed by atoms with Crippen LogP contribution in [0.25, 0.3) is 11.3 Å². The van der Waals surface area contributed by atoms with E-state index in [9.17, 15) is 9.59 Å². The summed E-state index contributed by atoms with van der Waals surface area (Å²) < 4.78 is 6.92. The van der Waals surface area contributed by atoms with E-state index in [1.165, 1.54) is 0 Å². The van der Waals surface area contributed by atoms with Crippen molar-refractivity contribution < 1.29 is 14.3 Å². The Hall–Kier alpha value is -4.39. The first kappa shape index (κ1) is 24.3. The van der Waals surface area contributed by atoms with Crippen molar-refractivity contribution in [1.82, 2.24) is 15.1 Å². The second kappa shape index (κ2) is 9.93. The summed E-state index contributed by atoms with van der Waals surface area (Å²) in [7, 11) is 1.62. The zero-order chi connectivity index (χ0) is 26.0. The summed E-state index contributed by atoms with van der Waals surface area (Å²) in [5.41, 5.74) is 3.57. The minimum Gasteiger partial charge on any atom is -0.497 e. The molecule has 1 atom stereocenters. The summed E-state index contributed by atoms with van der Waals surface area (Å²) in [5.74, 6) is 0.247. The molecule has 3 aromatic carbocycles. The number of fused-ring (bicyclic) bond motifs is 1. The van der Waals surface area contributed by atoms with Crippen molar-refractivity contribution in [3.05, 3.63) is 102 Å². The maximum absolute atomic E-state index is 14.0. The zero-order valence-electron chi connectivity index (χ0n) is 21.3. The van der Waals surface area contributed by atoms with Gasteiger partial charge in [0.15, 0.2) is 0 Å². The van der Waals surface area contributed by atoms with Crippen LogP contribution in [0.1, 0.15) is 35.5 Å². The second-order valence-electron chi connectivity index (χ2n) is 9.41. The highest BCUT2D eigenvalue weighted by Gasteiger charge is 2.48. The van der Waals surface area contributed by atoms with Gasteiger partial charge >= 0.3 is 0 Å². The molecule has 188 valence electrons. The summed E-state index contributed by atoms with van der Waals surface area (Å²) in [6.07, 6.45) is 0.826. The number of aromatic nitrogens is 2. The third kappa shape index (κ3) is 4.60. The average Bonchev–Trinajstić information content (AvgIpc) is 3.36. The number of ether oxygens (including phenoxy) is 1. The van der Waals surface area contributed by atoms with Gasteiger partial charge in [-0.25, -0.2) is 0 Å². The van der Waals surface area contributed by atoms with Crippen molar-refractivity contribution in [3.8, 4) is 17.0 Å². The number of nitrogens with one attached hydrogen (secondary N) is 1. The van der Waals surface area contributed by atoms with Gasteiger partial charge in [0.2, 0.25) is 5.91 Å². The smallest absolute Gasteiger partial charge is 0.277 e. The van der Waals surface area contributed by atoms with Gasteiger partial charge in [0, 0.05) is 17.8 Å². The van der Waals surface area contributed by atoms with Crippen LogP contribution in [0.3, 0.4) is 0 Å². The number of carbonyl (C=O) groups is 2. The minimum atomic E-state index is -1.19. The molecule has 37 heavy (non-hydrogen) atoms. The van der Waals surface area contributed by atoms with Gasteiger partial charge in [-0.1, -0.05) is 49.4 Å². The number of hydrogen-bond acceptors (Lipinski definition) is 4. The fourth-order valence-electron chi connectivity index (χ4n) is 4.77. The first-order chi connectivity index (χ1) is 17.9. The number of nitrogens with zero attached hydrogens (tertiary/aromatic N) is 3. The number of amides is 2. The number of hydrogen-bond donors (Lipinski definition) is 1. The van der Waals surface area contributed by atoms with Crippen LogP contribution < -0.4 is 15.0 Å². The normalized spacial score (nSPS) is 16.8. The molecule has 0 bridgehead atoms. The summed E-state index contributed by atoms with van der Waals surface area (Å²) in [4.78, 5) is 29.4. The van der Waals surface area contributed by atoms with Crippen LogP contribution in [-0.4, -0.2) is 34.2 Å². The fourth-order valence-corrected chi connectivity index (χ4v) is 4.77. The van der Waals surface area contributed by atoms with Gasteiger partial charge in [0.1, 0.15) is 17.0 Å². The Kier molecular flexibility index (Phi) is 6.53.